The van der Waals surface area contributed by atoms with Gasteiger partial charge in [-0.3, -0.25) is 4.79 Å². The lowest BCUT2D eigenvalue weighted by atomic mass is 9.84. The summed E-state index contributed by atoms with van der Waals surface area (Å²) in [6.07, 6.45) is 3.53. The van der Waals surface area contributed by atoms with Gasteiger partial charge in [-0.05, 0) is 57.7 Å². The molecule has 1 aromatic carbocycles. The van der Waals surface area contributed by atoms with E-state index in [4.69, 9.17) is 5.73 Å². The fourth-order valence-electron chi connectivity index (χ4n) is 4.43. The minimum Gasteiger partial charge on any atom is -0.354 e. The number of halogens is 2. The second-order valence-corrected chi connectivity index (χ2v) is 7.57. The van der Waals surface area contributed by atoms with Crippen molar-refractivity contribution in [1.29, 1.82) is 0 Å². The largest absolute Gasteiger partial charge is 0.354 e. The van der Waals surface area contributed by atoms with Gasteiger partial charge >= 0.3 is 0 Å². The summed E-state index contributed by atoms with van der Waals surface area (Å²) < 4.78 is 0. The molecule has 3 rings (SSSR count). The first kappa shape index (κ1) is 22.2. The second kappa shape index (κ2) is 9.22. The number of benzene rings is 1. The van der Waals surface area contributed by atoms with Crippen LogP contribution in [-0.4, -0.2) is 37.5 Å². The van der Waals surface area contributed by atoms with Gasteiger partial charge in [0, 0.05) is 12.6 Å². The molecule has 0 spiro atoms. The normalized spacial score (nSPS) is 28.2. The maximum atomic E-state index is 12.6. The van der Waals surface area contributed by atoms with Crippen molar-refractivity contribution >= 4 is 30.7 Å². The summed E-state index contributed by atoms with van der Waals surface area (Å²) in [6.45, 7) is 2.72. The van der Waals surface area contributed by atoms with Gasteiger partial charge in [-0.2, -0.15) is 0 Å². The number of amides is 1. The number of carbonyl (C=O) groups is 1. The highest BCUT2D eigenvalue weighted by Crippen LogP contribution is 2.47. The van der Waals surface area contributed by atoms with Crippen LogP contribution in [0.4, 0.5) is 0 Å². The predicted octanol–water partition coefficient (Wildman–Crippen LogP) is 2.93. The first-order valence-corrected chi connectivity index (χ1v) is 8.73. The molecule has 25 heavy (non-hydrogen) atoms. The second-order valence-electron chi connectivity index (χ2n) is 7.57. The quantitative estimate of drug-likeness (QED) is 0.816. The molecule has 2 aliphatic carbocycles. The summed E-state index contributed by atoms with van der Waals surface area (Å²) in [5.74, 6) is 1.25. The Hall–Kier alpha value is -0.810. The van der Waals surface area contributed by atoms with E-state index < -0.39 is 0 Å². The van der Waals surface area contributed by atoms with E-state index in [2.05, 4.69) is 55.5 Å². The Morgan fingerprint density at radius 3 is 2.32 bits per heavy atom. The highest BCUT2D eigenvalue weighted by molar-refractivity contribution is 5.85. The van der Waals surface area contributed by atoms with Gasteiger partial charge in [0.2, 0.25) is 5.91 Å². The lowest BCUT2D eigenvalue weighted by molar-refractivity contribution is -0.127. The van der Waals surface area contributed by atoms with Crippen LogP contribution < -0.4 is 11.1 Å². The van der Waals surface area contributed by atoms with E-state index in [1.807, 2.05) is 0 Å². The molecule has 1 aromatic rings. The third-order valence-corrected chi connectivity index (χ3v) is 5.84. The standard InChI is InChI=1S/C19H29N3O.2ClH/c1-12-4-6-13(7-5-12)16(22(2)3)11-21-19(23)17-14-8-9-15(10-14)18(17)20;;/h4-7,14-18H,8-11,20H2,1-3H3,(H,21,23);2*1H. The number of carbonyl (C=O) groups excluding carboxylic acids is 1. The molecule has 0 saturated heterocycles. The Bertz CT molecular complexity index is 562. The van der Waals surface area contributed by atoms with Crippen LogP contribution in [0, 0.1) is 24.7 Å². The molecular formula is C19H31Cl2N3O. The lowest BCUT2D eigenvalue weighted by Crippen LogP contribution is -2.46. The van der Waals surface area contributed by atoms with Crippen molar-refractivity contribution in [2.24, 2.45) is 23.5 Å². The molecule has 0 radical (unpaired) electrons. The average molecular weight is 388 g/mol. The third kappa shape index (κ3) is 4.68. The van der Waals surface area contributed by atoms with Crippen molar-refractivity contribution in [3.8, 4) is 0 Å². The number of nitrogens with two attached hydrogens (primary N) is 1. The van der Waals surface area contributed by atoms with Crippen LogP contribution in [0.1, 0.15) is 36.4 Å². The average Bonchev–Trinajstić information content (AvgIpc) is 3.09. The van der Waals surface area contributed by atoms with Gasteiger partial charge in [0.15, 0.2) is 0 Å². The van der Waals surface area contributed by atoms with E-state index in [9.17, 15) is 4.79 Å². The van der Waals surface area contributed by atoms with Gasteiger partial charge < -0.3 is 16.0 Å². The number of aryl methyl sites for hydroxylation is 1. The van der Waals surface area contributed by atoms with Crippen LogP contribution in [-0.2, 0) is 4.79 Å². The Labute approximate surface area is 163 Å². The van der Waals surface area contributed by atoms with Gasteiger partial charge in [0.05, 0.1) is 12.0 Å². The number of rotatable bonds is 5. The Morgan fingerprint density at radius 1 is 1.20 bits per heavy atom. The highest BCUT2D eigenvalue weighted by Gasteiger charge is 2.49. The molecule has 0 aromatic heterocycles. The summed E-state index contributed by atoms with van der Waals surface area (Å²) in [5, 5.41) is 3.17. The molecule has 3 N–H and O–H groups in total. The number of fused-ring (bicyclic) bond motifs is 2. The van der Waals surface area contributed by atoms with Gasteiger partial charge in [-0.15, -0.1) is 24.8 Å². The smallest absolute Gasteiger partial charge is 0.225 e. The van der Waals surface area contributed by atoms with Crippen molar-refractivity contribution in [2.45, 2.75) is 38.3 Å². The van der Waals surface area contributed by atoms with Gasteiger partial charge in [-0.25, -0.2) is 0 Å². The molecule has 4 nitrogen and oxygen atoms in total. The molecule has 5 atom stereocenters. The third-order valence-electron chi connectivity index (χ3n) is 5.84. The van der Waals surface area contributed by atoms with E-state index >= 15 is 0 Å². The molecule has 6 heteroatoms. The number of likely N-dealkylation sites (N-methyl/N-ethyl adjacent to an activating group) is 1. The molecule has 2 saturated carbocycles. The van der Waals surface area contributed by atoms with Crippen LogP contribution in [0.3, 0.4) is 0 Å². The van der Waals surface area contributed by atoms with Crippen molar-refractivity contribution < 1.29 is 4.79 Å². The molecule has 2 bridgehead atoms. The van der Waals surface area contributed by atoms with Crippen molar-refractivity contribution in [2.75, 3.05) is 20.6 Å². The zero-order valence-electron chi connectivity index (χ0n) is 15.3. The van der Waals surface area contributed by atoms with Gasteiger partial charge in [0.25, 0.3) is 0 Å². The number of nitrogens with zero attached hydrogens (tertiary/aromatic N) is 1. The SMILES string of the molecule is Cc1ccc(C(CNC(=O)C2C3CCC(C3)C2N)N(C)C)cc1.Cl.Cl. The summed E-state index contributed by atoms with van der Waals surface area (Å²) in [7, 11) is 4.11. The first-order chi connectivity index (χ1) is 11.0. The minimum absolute atomic E-state index is 0. The van der Waals surface area contributed by atoms with Crippen LogP contribution in [0.5, 0.6) is 0 Å². The molecule has 142 valence electrons. The lowest BCUT2D eigenvalue weighted by Gasteiger charge is -2.29. The summed E-state index contributed by atoms with van der Waals surface area (Å²) in [6, 6.07) is 8.80. The maximum absolute atomic E-state index is 12.6. The van der Waals surface area contributed by atoms with Gasteiger partial charge in [0.1, 0.15) is 0 Å². The van der Waals surface area contributed by atoms with Crippen LogP contribution >= 0.6 is 24.8 Å². The van der Waals surface area contributed by atoms with Crippen molar-refractivity contribution in [3.63, 3.8) is 0 Å². The molecule has 0 heterocycles. The van der Waals surface area contributed by atoms with E-state index in [1.54, 1.807) is 0 Å². The first-order valence-electron chi connectivity index (χ1n) is 8.73. The molecule has 2 aliphatic rings. The summed E-state index contributed by atoms with van der Waals surface area (Å²) in [5.41, 5.74) is 8.78. The van der Waals surface area contributed by atoms with Crippen LogP contribution in [0.2, 0.25) is 0 Å². The molecule has 0 aliphatic heterocycles. The predicted molar refractivity (Wildman–Crippen MR) is 107 cm³/mol. The number of hydrogen-bond donors (Lipinski definition) is 2. The number of hydrogen-bond acceptors (Lipinski definition) is 3. The fraction of sp³-hybridized carbons (Fsp3) is 0.632. The van der Waals surface area contributed by atoms with E-state index in [1.165, 1.54) is 24.0 Å². The van der Waals surface area contributed by atoms with E-state index in [-0.39, 0.29) is 48.7 Å². The van der Waals surface area contributed by atoms with Crippen molar-refractivity contribution in [3.05, 3.63) is 35.4 Å². The fourth-order valence-corrected chi connectivity index (χ4v) is 4.43. The van der Waals surface area contributed by atoms with Crippen LogP contribution in [0.15, 0.2) is 24.3 Å². The van der Waals surface area contributed by atoms with Crippen LogP contribution in [0.25, 0.3) is 0 Å². The molecule has 2 fully saturated rings. The summed E-state index contributed by atoms with van der Waals surface area (Å²) >= 11 is 0. The zero-order valence-corrected chi connectivity index (χ0v) is 16.9. The monoisotopic (exact) mass is 387 g/mol. The van der Waals surface area contributed by atoms with Gasteiger partial charge in [-0.1, -0.05) is 29.8 Å². The topological polar surface area (TPSA) is 58.4 Å². The molecular weight excluding hydrogens is 357 g/mol. The molecule has 5 unspecified atom stereocenters. The Kier molecular flexibility index (Phi) is 8.20. The van der Waals surface area contributed by atoms with Crippen molar-refractivity contribution in [1.82, 2.24) is 10.2 Å². The number of nitrogens with one attached hydrogen (secondary N) is 1. The van der Waals surface area contributed by atoms with E-state index in [0.717, 1.165) is 6.42 Å². The highest BCUT2D eigenvalue weighted by atomic mass is 35.5. The maximum Gasteiger partial charge on any atom is 0.225 e. The van der Waals surface area contributed by atoms with E-state index in [0.29, 0.717) is 18.4 Å². The minimum atomic E-state index is 0. The Balaban J connectivity index is 0.00000156. The zero-order chi connectivity index (χ0) is 16.6. The molecule has 1 amide bonds. The summed E-state index contributed by atoms with van der Waals surface area (Å²) in [4.78, 5) is 14.8. The Morgan fingerprint density at radius 2 is 1.80 bits per heavy atom.